The number of carboxylic acids is 1. The molecule has 0 aliphatic heterocycles. The summed E-state index contributed by atoms with van der Waals surface area (Å²) in [5, 5.41) is 14.1. The molecule has 0 radical (unpaired) electrons. The van der Waals surface area contributed by atoms with Crippen molar-refractivity contribution in [2.24, 2.45) is 0 Å². The van der Waals surface area contributed by atoms with Crippen molar-refractivity contribution >= 4 is 58.1 Å². The Kier molecular flexibility index (Phi) is 5.53. The fourth-order valence-electron chi connectivity index (χ4n) is 1.18. The van der Waals surface area contributed by atoms with Crippen molar-refractivity contribution in [1.82, 2.24) is 5.32 Å². The second kappa shape index (κ2) is 6.70. The van der Waals surface area contributed by atoms with E-state index in [1.807, 2.05) is 0 Å². The van der Waals surface area contributed by atoms with Gasteiger partial charge < -0.3 is 15.7 Å². The molecule has 5 nitrogen and oxygen atoms in total. The van der Waals surface area contributed by atoms with Gasteiger partial charge in [0.25, 0.3) is 0 Å². The summed E-state index contributed by atoms with van der Waals surface area (Å²) in [4.78, 5) is 21.9. The van der Waals surface area contributed by atoms with Crippen LogP contribution in [-0.4, -0.2) is 22.1 Å². The second-order valence-corrected chi connectivity index (χ2v) is 4.70. The number of rotatable bonds is 3. The van der Waals surface area contributed by atoms with Crippen LogP contribution in [0.4, 0.5) is 5.69 Å². The Morgan fingerprint density at radius 3 is 2.26 bits per heavy atom. The quantitative estimate of drug-likeness (QED) is 0.746. The summed E-state index contributed by atoms with van der Waals surface area (Å²) in [5.74, 6) is -1.40. The van der Waals surface area contributed by atoms with Crippen LogP contribution in [0, 0.1) is 0 Å². The highest BCUT2D eigenvalue weighted by molar-refractivity contribution is 7.80. The van der Waals surface area contributed by atoms with Crippen molar-refractivity contribution in [1.29, 1.82) is 0 Å². The molecule has 19 heavy (non-hydrogen) atoms. The SMILES string of the molecule is CCC(=O)NC(=S)Nc1c(Cl)cc(C(=O)O)cc1Cl. The zero-order chi connectivity index (χ0) is 14.6. The molecule has 0 aliphatic carbocycles. The van der Waals surface area contributed by atoms with E-state index < -0.39 is 5.97 Å². The number of hydrogen-bond acceptors (Lipinski definition) is 3. The summed E-state index contributed by atoms with van der Waals surface area (Å²) < 4.78 is 0. The van der Waals surface area contributed by atoms with Gasteiger partial charge in [-0.1, -0.05) is 30.1 Å². The molecule has 0 saturated heterocycles. The first-order chi connectivity index (χ1) is 8.85. The van der Waals surface area contributed by atoms with Gasteiger partial charge in [-0.15, -0.1) is 0 Å². The monoisotopic (exact) mass is 320 g/mol. The summed E-state index contributed by atoms with van der Waals surface area (Å²) >= 11 is 16.7. The van der Waals surface area contributed by atoms with Crippen molar-refractivity contribution in [3.63, 3.8) is 0 Å². The van der Waals surface area contributed by atoms with E-state index in [1.165, 1.54) is 12.1 Å². The lowest BCUT2D eigenvalue weighted by atomic mass is 10.2. The molecule has 102 valence electrons. The molecule has 0 fully saturated rings. The molecule has 8 heteroatoms. The lowest BCUT2D eigenvalue weighted by Gasteiger charge is -2.12. The van der Waals surface area contributed by atoms with E-state index in [0.717, 1.165) is 0 Å². The number of nitrogens with one attached hydrogen (secondary N) is 2. The number of thiocarbonyl (C=S) groups is 1. The van der Waals surface area contributed by atoms with Crippen LogP contribution in [0.1, 0.15) is 23.7 Å². The Hall–Kier alpha value is -1.37. The average molecular weight is 321 g/mol. The molecule has 0 spiro atoms. The molecule has 0 aromatic heterocycles. The summed E-state index contributed by atoms with van der Waals surface area (Å²) in [7, 11) is 0. The smallest absolute Gasteiger partial charge is 0.335 e. The maximum Gasteiger partial charge on any atom is 0.335 e. The van der Waals surface area contributed by atoms with Gasteiger partial charge in [0.1, 0.15) is 0 Å². The predicted octanol–water partition coefficient (Wildman–Crippen LogP) is 2.91. The Morgan fingerprint density at radius 1 is 1.32 bits per heavy atom. The molecule has 1 amide bonds. The van der Waals surface area contributed by atoms with Crippen LogP contribution < -0.4 is 10.6 Å². The Labute approximate surface area is 124 Å². The third-order valence-corrected chi connectivity index (χ3v) is 2.90. The largest absolute Gasteiger partial charge is 0.478 e. The molecule has 0 unspecified atom stereocenters. The van der Waals surface area contributed by atoms with Gasteiger partial charge in [-0.05, 0) is 24.4 Å². The van der Waals surface area contributed by atoms with Crippen molar-refractivity contribution in [3.05, 3.63) is 27.7 Å². The summed E-state index contributed by atoms with van der Waals surface area (Å²) in [6.45, 7) is 1.68. The predicted molar refractivity (Wildman–Crippen MR) is 78.1 cm³/mol. The van der Waals surface area contributed by atoms with Crippen LogP contribution >= 0.6 is 35.4 Å². The first-order valence-electron chi connectivity index (χ1n) is 5.18. The highest BCUT2D eigenvalue weighted by atomic mass is 35.5. The number of hydrogen-bond donors (Lipinski definition) is 3. The van der Waals surface area contributed by atoms with Crippen molar-refractivity contribution in [2.75, 3.05) is 5.32 Å². The molecule has 1 aromatic carbocycles. The number of halogens is 2. The van der Waals surface area contributed by atoms with Gasteiger partial charge in [0.05, 0.1) is 21.3 Å². The van der Waals surface area contributed by atoms with Crippen LogP contribution in [0.2, 0.25) is 10.0 Å². The Morgan fingerprint density at radius 2 is 1.84 bits per heavy atom. The van der Waals surface area contributed by atoms with Crippen molar-refractivity contribution in [3.8, 4) is 0 Å². The summed E-state index contributed by atoms with van der Waals surface area (Å²) in [6, 6.07) is 2.48. The van der Waals surface area contributed by atoms with Crippen LogP contribution in [0.15, 0.2) is 12.1 Å². The number of aromatic carboxylic acids is 1. The standard InChI is InChI=1S/C11H10Cl2N2O3S/c1-2-8(16)14-11(19)15-9-6(12)3-5(10(17)18)4-7(9)13/h3-4H,2H2,1H3,(H,17,18)(H2,14,15,16,19). The maximum absolute atomic E-state index is 11.1. The number of carboxylic acid groups (broad SMARTS) is 1. The molecule has 1 rings (SSSR count). The second-order valence-electron chi connectivity index (χ2n) is 3.48. The lowest BCUT2D eigenvalue weighted by Crippen LogP contribution is -2.33. The molecule has 0 bridgehead atoms. The van der Waals surface area contributed by atoms with E-state index in [1.54, 1.807) is 6.92 Å². The van der Waals surface area contributed by atoms with Gasteiger partial charge in [0.15, 0.2) is 5.11 Å². The molecule has 3 N–H and O–H groups in total. The lowest BCUT2D eigenvalue weighted by molar-refractivity contribution is -0.119. The van der Waals surface area contributed by atoms with E-state index >= 15 is 0 Å². The van der Waals surface area contributed by atoms with E-state index in [2.05, 4.69) is 10.6 Å². The van der Waals surface area contributed by atoms with E-state index in [-0.39, 0.29) is 38.7 Å². The highest BCUT2D eigenvalue weighted by Gasteiger charge is 2.13. The Bertz CT molecular complexity index is 526. The number of benzene rings is 1. The minimum atomic E-state index is -1.14. The molecule has 0 heterocycles. The molecule has 0 aliphatic rings. The topological polar surface area (TPSA) is 78.4 Å². The first-order valence-corrected chi connectivity index (χ1v) is 6.34. The minimum Gasteiger partial charge on any atom is -0.478 e. The van der Waals surface area contributed by atoms with E-state index in [4.69, 9.17) is 40.5 Å². The highest BCUT2D eigenvalue weighted by Crippen LogP contribution is 2.31. The number of anilines is 1. The first kappa shape index (κ1) is 15.7. The molecular weight excluding hydrogens is 311 g/mol. The third kappa shape index (κ3) is 4.34. The molecule has 1 aromatic rings. The zero-order valence-electron chi connectivity index (χ0n) is 9.79. The van der Waals surface area contributed by atoms with Gasteiger partial charge >= 0.3 is 5.97 Å². The van der Waals surface area contributed by atoms with E-state index in [0.29, 0.717) is 0 Å². The van der Waals surface area contributed by atoms with Crippen LogP contribution in [-0.2, 0) is 4.79 Å². The van der Waals surface area contributed by atoms with Gasteiger partial charge in [0, 0.05) is 6.42 Å². The Balaban J connectivity index is 2.93. The van der Waals surface area contributed by atoms with Crippen LogP contribution in [0.25, 0.3) is 0 Å². The summed E-state index contributed by atoms with van der Waals surface area (Å²) in [5.41, 5.74) is 0.207. The number of amides is 1. The fourth-order valence-corrected chi connectivity index (χ4v) is 1.97. The summed E-state index contributed by atoms with van der Waals surface area (Å²) in [6.07, 6.45) is 0.279. The van der Waals surface area contributed by atoms with Gasteiger partial charge in [0.2, 0.25) is 5.91 Å². The van der Waals surface area contributed by atoms with Gasteiger partial charge in [-0.3, -0.25) is 4.79 Å². The number of carbonyl (C=O) groups excluding carboxylic acids is 1. The van der Waals surface area contributed by atoms with Crippen LogP contribution in [0.3, 0.4) is 0 Å². The van der Waals surface area contributed by atoms with Crippen molar-refractivity contribution in [2.45, 2.75) is 13.3 Å². The van der Waals surface area contributed by atoms with Gasteiger partial charge in [-0.25, -0.2) is 4.79 Å². The zero-order valence-corrected chi connectivity index (χ0v) is 12.1. The molecular formula is C11H10Cl2N2O3S. The molecule has 0 saturated carbocycles. The average Bonchev–Trinajstić information content (AvgIpc) is 2.33. The van der Waals surface area contributed by atoms with Crippen molar-refractivity contribution < 1.29 is 14.7 Å². The minimum absolute atomic E-state index is 0.0379. The third-order valence-electron chi connectivity index (χ3n) is 2.10. The molecule has 0 atom stereocenters. The number of carbonyl (C=O) groups is 2. The maximum atomic E-state index is 11.1. The fraction of sp³-hybridized carbons (Fsp3) is 0.182. The normalized spacial score (nSPS) is 9.84. The van der Waals surface area contributed by atoms with Crippen LogP contribution in [0.5, 0.6) is 0 Å². The van der Waals surface area contributed by atoms with E-state index in [9.17, 15) is 9.59 Å². The van der Waals surface area contributed by atoms with Gasteiger partial charge in [-0.2, -0.15) is 0 Å².